The van der Waals surface area contributed by atoms with Crippen molar-refractivity contribution in [2.45, 2.75) is 4.90 Å². The van der Waals surface area contributed by atoms with E-state index >= 15 is 0 Å². The molecule has 0 fully saturated rings. The lowest BCUT2D eigenvalue weighted by molar-refractivity contribution is 0.600. The van der Waals surface area contributed by atoms with Gasteiger partial charge in [0.2, 0.25) is 0 Å². The van der Waals surface area contributed by atoms with Crippen molar-refractivity contribution in [2.75, 3.05) is 5.75 Å². The third kappa shape index (κ3) is 2.94. The maximum Gasteiger partial charge on any atom is 0.184 e. The number of halogens is 1. The van der Waals surface area contributed by atoms with Gasteiger partial charge in [-0.3, -0.25) is 0 Å². The zero-order valence-corrected chi connectivity index (χ0v) is 9.49. The van der Waals surface area contributed by atoms with E-state index in [1.807, 2.05) is 0 Å². The topological polar surface area (TPSA) is 60.2 Å². The highest BCUT2D eigenvalue weighted by Crippen LogP contribution is 2.16. The van der Waals surface area contributed by atoms with Gasteiger partial charge in [0, 0.05) is 5.02 Å². The van der Waals surface area contributed by atoms with Gasteiger partial charge in [0.15, 0.2) is 9.84 Å². The highest BCUT2D eigenvalue weighted by atomic mass is 35.5. The molecule has 0 atom stereocenters. The summed E-state index contributed by atoms with van der Waals surface area (Å²) in [5.74, 6) is -0.331. The Hall–Kier alpha value is -0.650. The van der Waals surface area contributed by atoms with E-state index in [0.717, 1.165) is 0 Å². The van der Waals surface area contributed by atoms with Crippen molar-refractivity contribution in [3.63, 3.8) is 0 Å². The first kappa shape index (κ1) is 11.4. The second-order valence-electron chi connectivity index (χ2n) is 2.68. The fourth-order valence-electron chi connectivity index (χ4n) is 0.931. The fourth-order valence-corrected chi connectivity index (χ4v) is 2.79. The van der Waals surface area contributed by atoms with Crippen LogP contribution in [0, 0.1) is 0 Å². The highest BCUT2D eigenvalue weighted by molar-refractivity contribution is 7.94. The van der Waals surface area contributed by atoms with Crippen LogP contribution in [0.4, 0.5) is 0 Å². The Balaban J connectivity index is 3.11. The van der Waals surface area contributed by atoms with Crippen LogP contribution in [0.3, 0.4) is 0 Å². The zero-order valence-electron chi connectivity index (χ0n) is 7.10. The van der Waals surface area contributed by atoms with E-state index in [0.29, 0.717) is 5.02 Å². The molecule has 3 nitrogen and oxygen atoms in total. The van der Waals surface area contributed by atoms with Gasteiger partial charge in [-0.25, -0.2) is 8.42 Å². The predicted octanol–water partition coefficient (Wildman–Crippen LogP) is 1.40. The van der Waals surface area contributed by atoms with Gasteiger partial charge in [0.25, 0.3) is 0 Å². The number of hydrogen-bond donors (Lipinski definition) is 1. The van der Waals surface area contributed by atoms with E-state index in [2.05, 4.69) is 12.2 Å². The Morgan fingerprint density at radius 3 is 2.64 bits per heavy atom. The molecule has 0 unspecified atom stereocenters. The lowest BCUT2D eigenvalue weighted by Gasteiger charge is -2.02. The van der Waals surface area contributed by atoms with E-state index in [-0.39, 0.29) is 15.6 Å². The van der Waals surface area contributed by atoms with Crippen molar-refractivity contribution in [3.05, 3.63) is 29.3 Å². The average Bonchev–Trinajstić information content (AvgIpc) is 2.01. The van der Waals surface area contributed by atoms with Crippen LogP contribution >= 0.6 is 23.8 Å². The first-order valence-corrected chi connectivity index (χ1v) is 6.12. The highest BCUT2D eigenvalue weighted by Gasteiger charge is 2.15. The van der Waals surface area contributed by atoms with Gasteiger partial charge >= 0.3 is 0 Å². The van der Waals surface area contributed by atoms with Crippen molar-refractivity contribution in [2.24, 2.45) is 5.73 Å². The van der Waals surface area contributed by atoms with Crippen LogP contribution in [0.1, 0.15) is 0 Å². The largest absolute Gasteiger partial charge is 0.392 e. The number of sulfone groups is 1. The number of benzene rings is 1. The first-order chi connectivity index (χ1) is 6.42. The van der Waals surface area contributed by atoms with Gasteiger partial charge in [-0.1, -0.05) is 29.9 Å². The maximum absolute atomic E-state index is 11.6. The molecule has 0 aliphatic heterocycles. The minimum Gasteiger partial charge on any atom is -0.392 e. The normalized spacial score (nSPS) is 11.2. The molecule has 0 radical (unpaired) electrons. The summed E-state index contributed by atoms with van der Waals surface area (Å²) in [4.78, 5) is 0.0859. The Kier molecular flexibility index (Phi) is 3.47. The van der Waals surface area contributed by atoms with Gasteiger partial charge in [0.05, 0.1) is 9.88 Å². The van der Waals surface area contributed by atoms with E-state index in [9.17, 15) is 8.42 Å². The molecule has 0 aromatic heterocycles. The summed E-state index contributed by atoms with van der Waals surface area (Å²) in [7, 11) is -3.43. The molecule has 76 valence electrons. The molecule has 14 heavy (non-hydrogen) atoms. The molecule has 0 bridgehead atoms. The molecule has 1 aromatic carbocycles. The lowest BCUT2D eigenvalue weighted by Crippen LogP contribution is -2.21. The molecule has 2 N–H and O–H groups in total. The van der Waals surface area contributed by atoms with Gasteiger partial charge in [-0.15, -0.1) is 0 Å². The monoisotopic (exact) mass is 249 g/mol. The summed E-state index contributed by atoms with van der Waals surface area (Å²) in [6.45, 7) is 0. The van der Waals surface area contributed by atoms with Gasteiger partial charge < -0.3 is 5.73 Å². The molecule has 0 saturated carbocycles. The molecule has 1 aromatic rings. The van der Waals surface area contributed by atoms with E-state index in [4.69, 9.17) is 17.3 Å². The molecular weight excluding hydrogens is 242 g/mol. The number of nitrogens with two attached hydrogens (primary N) is 1. The predicted molar refractivity (Wildman–Crippen MR) is 60.3 cm³/mol. The van der Waals surface area contributed by atoms with E-state index in [1.54, 1.807) is 12.1 Å². The summed E-state index contributed by atoms with van der Waals surface area (Å²) in [5, 5.41) is 0.369. The van der Waals surface area contributed by atoms with Crippen molar-refractivity contribution in [1.29, 1.82) is 0 Å². The van der Waals surface area contributed by atoms with Crippen LogP contribution in [-0.2, 0) is 9.84 Å². The second-order valence-corrected chi connectivity index (χ2v) is 5.63. The van der Waals surface area contributed by atoms with Crippen LogP contribution in [0.2, 0.25) is 5.02 Å². The molecule has 0 heterocycles. The van der Waals surface area contributed by atoms with Crippen LogP contribution in [0.5, 0.6) is 0 Å². The van der Waals surface area contributed by atoms with Gasteiger partial charge in [0.1, 0.15) is 5.75 Å². The quantitative estimate of drug-likeness (QED) is 0.823. The fraction of sp³-hybridized carbons (Fsp3) is 0.125. The smallest absolute Gasteiger partial charge is 0.184 e. The van der Waals surface area contributed by atoms with E-state index in [1.165, 1.54) is 12.1 Å². The number of hydrogen-bond acceptors (Lipinski definition) is 3. The zero-order chi connectivity index (χ0) is 10.8. The molecule has 0 aliphatic carbocycles. The van der Waals surface area contributed by atoms with E-state index < -0.39 is 9.84 Å². The van der Waals surface area contributed by atoms with Crippen molar-refractivity contribution >= 4 is 38.6 Å². The van der Waals surface area contributed by atoms with Crippen LogP contribution < -0.4 is 5.73 Å². The molecule has 0 amide bonds. The summed E-state index contributed by atoms with van der Waals surface area (Å²) in [6.07, 6.45) is 0. The van der Waals surface area contributed by atoms with Gasteiger partial charge in [-0.2, -0.15) is 0 Å². The third-order valence-corrected chi connectivity index (χ3v) is 3.71. The summed E-state index contributed by atoms with van der Waals surface area (Å²) >= 11 is 10.2. The van der Waals surface area contributed by atoms with Gasteiger partial charge in [-0.05, 0) is 18.2 Å². The first-order valence-electron chi connectivity index (χ1n) is 3.68. The minimum absolute atomic E-state index is 0.0509. The summed E-state index contributed by atoms with van der Waals surface area (Å²) in [6, 6.07) is 5.99. The minimum atomic E-state index is -3.43. The van der Waals surface area contributed by atoms with Crippen molar-refractivity contribution < 1.29 is 8.42 Å². The molecule has 0 spiro atoms. The Morgan fingerprint density at radius 1 is 1.50 bits per heavy atom. The molecule has 6 heteroatoms. The number of thiocarbonyl (C=S) groups is 1. The molecule has 1 rings (SSSR count). The summed E-state index contributed by atoms with van der Waals surface area (Å²) in [5.41, 5.74) is 5.17. The van der Waals surface area contributed by atoms with Crippen LogP contribution in [0.15, 0.2) is 29.2 Å². The standard InChI is InChI=1S/C8H8ClNO2S2/c9-6-2-1-3-7(4-6)14(11,12)5-8(10)13/h1-4H,5H2,(H2,10,13). The van der Waals surface area contributed by atoms with Crippen LogP contribution in [-0.4, -0.2) is 19.2 Å². The van der Waals surface area contributed by atoms with Crippen molar-refractivity contribution in [1.82, 2.24) is 0 Å². The number of rotatable bonds is 3. The Morgan fingerprint density at radius 2 is 2.14 bits per heavy atom. The maximum atomic E-state index is 11.6. The van der Waals surface area contributed by atoms with Crippen molar-refractivity contribution in [3.8, 4) is 0 Å². The summed E-state index contributed by atoms with van der Waals surface area (Å²) < 4.78 is 23.1. The molecule has 0 saturated heterocycles. The lowest BCUT2D eigenvalue weighted by atomic mass is 10.4. The second kappa shape index (κ2) is 4.25. The molecular formula is C8H8ClNO2S2. The third-order valence-electron chi connectivity index (χ3n) is 1.49. The average molecular weight is 250 g/mol. The Labute approximate surface area is 92.8 Å². The molecule has 0 aliphatic rings. The Bertz CT molecular complexity index is 456. The SMILES string of the molecule is NC(=S)CS(=O)(=O)c1cccc(Cl)c1. The van der Waals surface area contributed by atoms with Crippen LogP contribution in [0.25, 0.3) is 0 Å².